The Kier molecular flexibility index (Phi) is 7.12. The standard InChI is InChI=1S/C23H23N3O7S/c1-30-14-7-8-18(31-2)15(11-14)16-13-34-23(24-16)25-20(27)12-33-22(29)17-5-3-9-26(17)21(28)19-6-4-10-32-19/h4,6-8,10-11,13,17H,3,5,9,12H2,1-2H3,(H,24,25,27). The molecule has 178 valence electrons. The van der Waals surface area contributed by atoms with Gasteiger partial charge >= 0.3 is 5.97 Å². The number of nitrogens with zero attached hydrogens (tertiary/aromatic N) is 2. The summed E-state index contributed by atoms with van der Waals surface area (Å²) in [7, 11) is 3.12. The first-order valence-corrected chi connectivity index (χ1v) is 11.4. The van der Waals surface area contributed by atoms with Crippen LogP contribution in [0.3, 0.4) is 0 Å². The minimum atomic E-state index is -0.752. The first kappa shape index (κ1) is 23.3. The topological polar surface area (TPSA) is 120 Å². The Morgan fingerprint density at radius 1 is 1.24 bits per heavy atom. The van der Waals surface area contributed by atoms with Crippen molar-refractivity contribution in [1.82, 2.24) is 9.88 Å². The number of hydrogen-bond donors (Lipinski definition) is 1. The van der Waals surface area contributed by atoms with Gasteiger partial charge in [0.05, 0.1) is 26.2 Å². The van der Waals surface area contributed by atoms with Gasteiger partial charge in [0.15, 0.2) is 17.5 Å². The smallest absolute Gasteiger partial charge is 0.329 e. The molecule has 0 aliphatic carbocycles. The molecule has 1 unspecified atom stereocenters. The number of furan rings is 1. The summed E-state index contributed by atoms with van der Waals surface area (Å²) in [6.45, 7) is -0.0728. The lowest BCUT2D eigenvalue weighted by molar-refractivity contribution is -0.151. The van der Waals surface area contributed by atoms with Crippen molar-refractivity contribution in [1.29, 1.82) is 0 Å². The highest BCUT2D eigenvalue weighted by Gasteiger charge is 2.36. The zero-order chi connectivity index (χ0) is 24.1. The lowest BCUT2D eigenvalue weighted by Crippen LogP contribution is -2.42. The number of aromatic nitrogens is 1. The van der Waals surface area contributed by atoms with Crippen molar-refractivity contribution in [2.24, 2.45) is 0 Å². The number of esters is 1. The molecule has 11 heteroatoms. The van der Waals surface area contributed by atoms with Crippen LogP contribution in [0.4, 0.5) is 5.13 Å². The lowest BCUT2D eigenvalue weighted by atomic mass is 10.1. The van der Waals surface area contributed by atoms with E-state index < -0.39 is 24.5 Å². The van der Waals surface area contributed by atoms with Crippen LogP contribution in [-0.4, -0.2) is 61.1 Å². The minimum absolute atomic E-state index is 0.157. The number of carbonyl (C=O) groups is 3. The number of carbonyl (C=O) groups excluding carboxylic acids is 3. The van der Waals surface area contributed by atoms with Crippen molar-refractivity contribution in [3.05, 3.63) is 47.7 Å². The summed E-state index contributed by atoms with van der Waals surface area (Å²) in [4.78, 5) is 43.2. The molecular weight excluding hydrogens is 462 g/mol. The number of ether oxygens (including phenoxy) is 3. The van der Waals surface area contributed by atoms with E-state index in [-0.39, 0.29) is 11.7 Å². The maximum absolute atomic E-state index is 12.5. The van der Waals surface area contributed by atoms with Gasteiger partial charge < -0.3 is 23.5 Å². The summed E-state index contributed by atoms with van der Waals surface area (Å²) in [6.07, 6.45) is 2.52. The summed E-state index contributed by atoms with van der Waals surface area (Å²) < 4.78 is 21.0. The van der Waals surface area contributed by atoms with Gasteiger partial charge in [0, 0.05) is 17.5 Å². The van der Waals surface area contributed by atoms with Crippen LogP contribution in [0.15, 0.2) is 46.4 Å². The number of rotatable bonds is 8. The molecule has 1 aliphatic heterocycles. The predicted octanol–water partition coefficient (Wildman–Crippen LogP) is 3.21. The van der Waals surface area contributed by atoms with Crippen molar-refractivity contribution in [2.75, 3.05) is 32.7 Å². The van der Waals surface area contributed by atoms with Crippen LogP contribution >= 0.6 is 11.3 Å². The zero-order valence-corrected chi connectivity index (χ0v) is 19.4. The number of benzene rings is 1. The third kappa shape index (κ3) is 5.04. The fourth-order valence-electron chi connectivity index (χ4n) is 3.65. The monoisotopic (exact) mass is 485 g/mol. The fourth-order valence-corrected chi connectivity index (χ4v) is 4.38. The van der Waals surface area contributed by atoms with Gasteiger partial charge in [-0.2, -0.15) is 0 Å². The summed E-state index contributed by atoms with van der Waals surface area (Å²) in [5, 5.41) is 4.74. The Balaban J connectivity index is 1.34. The van der Waals surface area contributed by atoms with Crippen LogP contribution in [-0.2, 0) is 14.3 Å². The van der Waals surface area contributed by atoms with E-state index in [0.717, 1.165) is 0 Å². The molecule has 1 saturated heterocycles. The molecule has 2 aromatic heterocycles. The molecule has 1 N–H and O–H groups in total. The Bertz CT molecular complexity index is 1180. The predicted molar refractivity (Wildman–Crippen MR) is 123 cm³/mol. The maximum atomic E-state index is 12.5. The van der Waals surface area contributed by atoms with Crippen LogP contribution in [0.2, 0.25) is 0 Å². The van der Waals surface area contributed by atoms with Crippen LogP contribution in [0, 0.1) is 0 Å². The average Bonchev–Trinajstić information content (AvgIpc) is 3.63. The fraction of sp³-hybridized carbons (Fsp3) is 0.304. The molecule has 1 fully saturated rings. The van der Waals surface area contributed by atoms with Gasteiger partial charge in [0.25, 0.3) is 11.8 Å². The summed E-state index contributed by atoms with van der Waals surface area (Å²) in [6, 6.07) is 7.74. The Labute approximate surface area is 199 Å². The number of thiazole rings is 1. The number of amides is 2. The molecule has 4 rings (SSSR count). The van der Waals surface area contributed by atoms with E-state index in [4.69, 9.17) is 18.6 Å². The molecule has 0 saturated carbocycles. The first-order chi connectivity index (χ1) is 16.5. The van der Waals surface area contributed by atoms with Crippen molar-refractivity contribution >= 4 is 34.3 Å². The molecule has 3 aromatic rings. The quantitative estimate of drug-likeness (QED) is 0.483. The zero-order valence-electron chi connectivity index (χ0n) is 18.6. The SMILES string of the molecule is COc1ccc(OC)c(-c2csc(NC(=O)COC(=O)C3CCCN3C(=O)c3ccco3)n2)c1. The number of likely N-dealkylation sites (tertiary alicyclic amines) is 1. The van der Waals surface area contributed by atoms with Gasteiger partial charge in [-0.3, -0.25) is 14.9 Å². The van der Waals surface area contributed by atoms with Crippen molar-refractivity contribution in [2.45, 2.75) is 18.9 Å². The average molecular weight is 486 g/mol. The molecule has 10 nitrogen and oxygen atoms in total. The molecule has 0 spiro atoms. The van der Waals surface area contributed by atoms with E-state index in [2.05, 4.69) is 10.3 Å². The third-order valence-corrected chi connectivity index (χ3v) is 6.05. The van der Waals surface area contributed by atoms with Crippen LogP contribution in [0.1, 0.15) is 23.4 Å². The highest BCUT2D eigenvalue weighted by molar-refractivity contribution is 7.14. The van der Waals surface area contributed by atoms with E-state index in [1.807, 2.05) is 0 Å². The molecule has 0 radical (unpaired) electrons. The van der Waals surface area contributed by atoms with Gasteiger partial charge in [-0.05, 0) is 43.2 Å². The van der Waals surface area contributed by atoms with Gasteiger partial charge in [-0.25, -0.2) is 9.78 Å². The van der Waals surface area contributed by atoms with Crippen molar-refractivity contribution in [3.63, 3.8) is 0 Å². The normalized spacial score (nSPS) is 15.1. The first-order valence-electron chi connectivity index (χ1n) is 10.5. The highest BCUT2D eigenvalue weighted by Crippen LogP contribution is 2.35. The Morgan fingerprint density at radius 3 is 2.82 bits per heavy atom. The second kappa shape index (κ2) is 10.4. The van der Waals surface area contributed by atoms with Gasteiger partial charge in [0.2, 0.25) is 0 Å². The van der Waals surface area contributed by atoms with E-state index >= 15 is 0 Å². The van der Waals surface area contributed by atoms with Crippen LogP contribution in [0.25, 0.3) is 11.3 Å². The molecule has 1 aliphatic rings. The van der Waals surface area contributed by atoms with Gasteiger partial charge in [-0.15, -0.1) is 11.3 Å². The number of anilines is 1. The van der Waals surface area contributed by atoms with Crippen molar-refractivity contribution in [3.8, 4) is 22.8 Å². The summed E-state index contributed by atoms with van der Waals surface area (Å²) in [5.74, 6) is -0.125. The van der Waals surface area contributed by atoms with Crippen LogP contribution < -0.4 is 14.8 Å². The van der Waals surface area contributed by atoms with E-state index in [1.54, 1.807) is 49.9 Å². The largest absolute Gasteiger partial charge is 0.497 e. The molecule has 0 bridgehead atoms. The molecular formula is C23H23N3O7S. The molecule has 1 atom stereocenters. The molecule has 1 aromatic carbocycles. The third-order valence-electron chi connectivity index (χ3n) is 5.30. The minimum Gasteiger partial charge on any atom is -0.497 e. The second-order valence-electron chi connectivity index (χ2n) is 7.39. The van der Waals surface area contributed by atoms with Gasteiger partial charge in [0.1, 0.15) is 17.5 Å². The lowest BCUT2D eigenvalue weighted by Gasteiger charge is -2.22. The summed E-state index contributed by atoms with van der Waals surface area (Å²) >= 11 is 1.22. The molecule has 3 heterocycles. The number of hydrogen-bond acceptors (Lipinski definition) is 9. The van der Waals surface area contributed by atoms with E-state index in [0.29, 0.717) is 47.3 Å². The molecule has 34 heavy (non-hydrogen) atoms. The Hall–Kier alpha value is -3.86. The van der Waals surface area contributed by atoms with E-state index in [1.165, 1.54) is 22.5 Å². The van der Waals surface area contributed by atoms with Crippen LogP contribution in [0.5, 0.6) is 11.5 Å². The van der Waals surface area contributed by atoms with Crippen molar-refractivity contribution < 1.29 is 33.0 Å². The van der Waals surface area contributed by atoms with Gasteiger partial charge in [-0.1, -0.05) is 0 Å². The maximum Gasteiger partial charge on any atom is 0.329 e. The number of nitrogens with one attached hydrogen (secondary N) is 1. The highest BCUT2D eigenvalue weighted by atomic mass is 32.1. The second-order valence-corrected chi connectivity index (χ2v) is 8.25. The Morgan fingerprint density at radius 2 is 2.09 bits per heavy atom. The number of methoxy groups -OCH3 is 2. The summed E-state index contributed by atoms with van der Waals surface area (Å²) in [5.41, 5.74) is 1.32. The molecule has 2 amide bonds. The van der Waals surface area contributed by atoms with E-state index in [9.17, 15) is 14.4 Å².